The van der Waals surface area contributed by atoms with Gasteiger partial charge in [-0.05, 0) is 30.3 Å². The molecular formula is C50H44GeIrN4O2-2. The standard InChI is InChI=1S/C25H29GeN2O.C25H15N2O.Ir/c1-15(2)17(4)21-13-23(27-14-22(21)26(5,6)7)20-10-8-9-18-19-12-11-16(3)28-25(19)29-24(18)20;1-2-8-17(9-3-1)25-26-21-11-5-6-12-22(21)27(25)18-14-15-20-19-10-4-7-13-23(19)28-24(20)16-18;/h8-9,11-15,17H,1-7H3;1-8,10-16H;/q2*-1;. The first kappa shape index (κ1) is 39.5. The van der Waals surface area contributed by atoms with E-state index in [0.717, 1.165) is 83.4 Å². The minimum atomic E-state index is -2.04. The molecule has 0 aliphatic carbocycles. The van der Waals surface area contributed by atoms with Crippen molar-refractivity contribution in [2.24, 2.45) is 5.92 Å². The first-order valence-electron chi connectivity index (χ1n) is 19.6. The fourth-order valence-electron chi connectivity index (χ4n) is 7.73. The fraction of sp³-hybridized carbons (Fsp3) is 0.180. The molecule has 58 heavy (non-hydrogen) atoms. The van der Waals surface area contributed by atoms with Crippen molar-refractivity contribution >= 4 is 72.7 Å². The molecule has 0 saturated heterocycles. The van der Waals surface area contributed by atoms with Gasteiger partial charge in [-0.3, -0.25) is 4.98 Å². The van der Waals surface area contributed by atoms with Gasteiger partial charge in [-0.15, -0.1) is 35.9 Å². The van der Waals surface area contributed by atoms with Crippen LogP contribution in [0.25, 0.3) is 83.4 Å². The fourth-order valence-corrected chi connectivity index (χ4v) is 11.1. The van der Waals surface area contributed by atoms with Crippen LogP contribution in [0.4, 0.5) is 0 Å². The largest absolute Gasteiger partial charge is 0.456 e. The molecule has 0 amide bonds. The molecule has 6 nitrogen and oxygen atoms in total. The van der Waals surface area contributed by atoms with Crippen LogP contribution in [0.5, 0.6) is 0 Å². The van der Waals surface area contributed by atoms with Crippen LogP contribution in [-0.2, 0) is 20.1 Å². The Morgan fingerprint density at radius 3 is 2.24 bits per heavy atom. The zero-order valence-corrected chi connectivity index (χ0v) is 38.2. The quantitative estimate of drug-likeness (QED) is 0.123. The maximum Gasteiger partial charge on any atom is 0.137 e. The van der Waals surface area contributed by atoms with Crippen LogP contribution in [0, 0.1) is 25.0 Å². The molecule has 0 bridgehead atoms. The van der Waals surface area contributed by atoms with Gasteiger partial charge in [0.1, 0.15) is 11.2 Å². The summed E-state index contributed by atoms with van der Waals surface area (Å²) in [7, 11) is 0. The van der Waals surface area contributed by atoms with Crippen LogP contribution < -0.4 is 4.40 Å². The maximum absolute atomic E-state index is 6.19. The van der Waals surface area contributed by atoms with Crippen LogP contribution in [0.2, 0.25) is 17.3 Å². The second-order valence-electron chi connectivity index (χ2n) is 16.3. The predicted octanol–water partition coefficient (Wildman–Crippen LogP) is 12.8. The molecule has 0 fully saturated rings. The number of fused-ring (bicyclic) bond motifs is 7. The molecule has 10 rings (SSSR count). The molecule has 5 aromatic heterocycles. The van der Waals surface area contributed by atoms with Crippen LogP contribution in [0.15, 0.2) is 136 Å². The third kappa shape index (κ3) is 7.21. The average molecular weight is 998 g/mol. The number of hydrogen-bond donors (Lipinski definition) is 0. The third-order valence-corrected chi connectivity index (χ3v) is 15.3. The molecule has 8 heteroatoms. The van der Waals surface area contributed by atoms with Crippen molar-refractivity contribution in [1.29, 1.82) is 0 Å². The van der Waals surface area contributed by atoms with Crippen molar-refractivity contribution in [3.05, 3.63) is 151 Å². The van der Waals surface area contributed by atoms with Gasteiger partial charge in [0.2, 0.25) is 0 Å². The summed E-state index contributed by atoms with van der Waals surface area (Å²) in [6.45, 7) is 8.91. The number of aromatic nitrogens is 4. The number of rotatable bonds is 6. The van der Waals surface area contributed by atoms with Gasteiger partial charge in [-0.25, -0.2) is 0 Å². The third-order valence-electron chi connectivity index (χ3n) is 11.1. The second-order valence-corrected chi connectivity index (χ2v) is 26.8. The molecule has 0 aliphatic rings. The molecule has 5 aromatic carbocycles. The summed E-state index contributed by atoms with van der Waals surface area (Å²) < 4.78 is 16.0. The van der Waals surface area contributed by atoms with Crippen molar-refractivity contribution in [1.82, 2.24) is 19.5 Å². The normalized spacial score (nSPS) is 12.3. The topological polar surface area (TPSA) is 69.9 Å². The maximum atomic E-state index is 6.19. The van der Waals surface area contributed by atoms with Gasteiger partial charge < -0.3 is 8.98 Å². The van der Waals surface area contributed by atoms with Gasteiger partial charge >= 0.3 is 176 Å². The zero-order chi connectivity index (χ0) is 39.4. The summed E-state index contributed by atoms with van der Waals surface area (Å²) in [6.07, 6.45) is 2.13. The van der Waals surface area contributed by atoms with E-state index >= 15 is 0 Å². The summed E-state index contributed by atoms with van der Waals surface area (Å²) in [5, 5.41) is 4.37. The smallest absolute Gasteiger partial charge is 0.137 e. The summed E-state index contributed by atoms with van der Waals surface area (Å²) in [5.41, 5.74) is 11.5. The van der Waals surface area contributed by atoms with E-state index in [1.807, 2.05) is 79.7 Å². The van der Waals surface area contributed by atoms with Crippen molar-refractivity contribution < 1.29 is 28.9 Å². The van der Waals surface area contributed by atoms with E-state index < -0.39 is 13.3 Å². The summed E-state index contributed by atoms with van der Waals surface area (Å²) in [4.78, 5) is 14.3. The average Bonchev–Trinajstić information content (AvgIpc) is 3.91. The van der Waals surface area contributed by atoms with Gasteiger partial charge in [-0.2, -0.15) is 0 Å². The van der Waals surface area contributed by atoms with E-state index in [2.05, 4.69) is 114 Å². The molecule has 1 atom stereocenters. The molecule has 0 aliphatic heterocycles. The van der Waals surface area contributed by atoms with Crippen molar-refractivity contribution in [3.8, 4) is 28.3 Å². The molecule has 5 heterocycles. The monoisotopic (exact) mass is 999 g/mol. The summed E-state index contributed by atoms with van der Waals surface area (Å²) in [5.74, 6) is 9.24. The number of imidazole rings is 1. The Morgan fingerprint density at radius 1 is 0.690 bits per heavy atom. The van der Waals surface area contributed by atoms with E-state index in [9.17, 15) is 0 Å². The molecule has 0 N–H and O–H groups in total. The van der Waals surface area contributed by atoms with E-state index in [0.29, 0.717) is 17.5 Å². The van der Waals surface area contributed by atoms with Gasteiger partial charge in [0.05, 0.1) is 16.9 Å². The number of benzene rings is 5. The molecule has 10 aromatic rings. The Labute approximate surface area is 355 Å². The Hall–Kier alpha value is -5.34. The Bertz CT molecular complexity index is 3080. The van der Waals surface area contributed by atoms with Crippen LogP contribution >= 0.6 is 0 Å². The van der Waals surface area contributed by atoms with Crippen LogP contribution in [0.3, 0.4) is 0 Å². The summed E-state index contributed by atoms with van der Waals surface area (Å²) >= 11 is -2.04. The first-order chi connectivity index (χ1) is 27.5. The number of nitrogens with zero attached hydrogens (tertiary/aromatic N) is 4. The molecule has 1 radical (unpaired) electrons. The SMILES string of the molecule is Cc1ccc2c(n1)oc1c(-c3cc(C(C)C(C)C)[c]([Ge]([CH3])([CH3])[CH3])cn3)[c-]ccc12.[Ir].[c-]1ccccc1-c1nc2ccccc2n1-c1ccc2c(c1)oc1ccccc12. The van der Waals surface area contributed by atoms with Crippen LogP contribution in [0.1, 0.15) is 37.9 Å². The van der Waals surface area contributed by atoms with E-state index in [1.54, 1.807) is 0 Å². The zero-order valence-electron chi connectivity index (χ0n) is 33.7. The number of aryl methyl sites for hydroxylation is 1. The van der Waals surface area contributed by atoms with Gasteiger partial charge in [0.25, 0.3) is 0 Å². The van der Waals surface area contributed by atoms with E-state index in [1.165, 1.54) is 9.96 Å². The van der Waals surface area contributed by atoms with Crippen LogP contribution in [-0.4, -0.2) is 32.8 Å². The first-order valence-corrected chi connectivity index (χ1v) is 27.0. The molecule has 0 saturated carbocycles. The minimum Gasteiger partial charge on any atom is -0.456 e. The number of pyridine rings is 2. The number of hydrogen-bond acceptors (Lipinski definition) is 5. The minimum absolute atomic E-state index is 0. The number of furan rings is 2. The molecule has 0 spiro atoms. The summed E-state index contributed by atoms with van der Waals surface area (Å²) in [6, 6.07) is 47.7. The van der Waals surface area contributed by atoms with Gasteiger partial charge in [-0.1, -0.05) is 30.3 Å². The predicted molar refractivity (Wildman–Crippen MR) is 237 cm³/mol. The Morgan fingerprint density at radius 2 is 1.45 bits per heavy atom. The van der Waals surface area contributed by atoms with E-state index in [-0.39, 0.29) is 20.1 Å². The van der Waals surface area contributed by atoms with E-state index in [4.69, 9.17) is 18.8 Å². The Kier molecular flexibility index (Phi) is 10.7. The Balaban J connectivity index is 0.000000159. The number of para-hydroxylation sites is 3. The van der Waals surface area contributed by atoms with Crippen molar-refractivity contribution in [3.63, 3.8) is 0 Å². The molecule has 1 unspecified atom stereocenters. The second kappa shape index (κ2) is 15.8. The van der Waals surface area contributed by atoms with Gasteiger partial charge in [0.15, 0.2) is 0 Å². The molecule has 291 valence electrons. The van der Waals surface area contributed by atoms with Gasteiger partial charge in [0, 0.05) is 42.6 Å². The van der Waals surface area contributed by atoms with Crippen molar-refractivity contribution in [2.45, 2.75) is 50.9 Å². The van der Waals surface area contributed by atoms with Crippen molar-refractivity contribution in [2.75, 3.05) is 0 Å². The molecular weight excluding hydrogens is 953 g/mol.